The van der Waals surface area contributed by atoms with Crippen LogP contribution in [0.4, 0.5) is 0 Å². The first kappa shape index (κ1) is 13.2. The van der Waals surface area contributed by atoms with E-state index in [1.807, 2.05) is 13.0 Å². The monoisotopic (exact) mass is 236 g/mol. The number of hydrogen-bond donors (Lipinski definition) is 0. The van der Waals surface area contributed by atoms with Gasteiger partial charge in [-0.05, 0) is 32.4 Å². The van der Waals surface area contributed by atoms with Crippen LogP contribution in [0.3, 0.4) is 0 Å². The zero-order valence-corrected chi connectivity index (χ0v) is 10.2. The van der Waals surface area contributed by atoms with Crippen molar-refractivity contribution < 1.29 is 19.1 Å². The molecule has 0 amide bonds. The maximum absolute atomic E-state index is 11.4. The van der Waals surface area contributed by atoms with Gasteiger partial charge in [-0.3, -0.25) is 4.79 Å². The van der Waals surface area contributed by atoms with E-state index in [-0.39, 0.29) is 0 Å². The van der Waals surface area contributed by atoms with Crippen molar-refractivity contribution in [2.24, 2.45) is 0 Å². The average Bonchev–Trinajstić information content (AvgIpc) is 2.31. The summed E-state index contributed by atoms with van der Waals surface area (Å²) in [5.74, 6) is -0.00402. The van der Waals surface area contributed by atoms with Crippen LogP contribution in [0.25, 0.3) is 0 Å². The van der Waals surface area contributed by atoms with Gasteiger partial charge in [0.2, 0.25) is 0 Å². The highest BCUT2D eigenvalue weighted by Gasteiger charge is 2.18. The Kier molecular flexibility index (Phi) is 4.69. The largest absolute Gasteiger partial charge is 0.478 e. The summed E-state index contributed by atoms with van der Waals surface area (Å²) in [5, 5.41) is 0. The van der Waals surface area contributed by atoms with Gasteiger partial charge in [0.25, 0.3) is 0 Å². The van der Waals surface area contributed by atoms with Gasteiger partial charge in [-0.25, -0.2) is 4.79 Å². The summed E-state index contributed by atoms with van der Waals surface area (Å²) in [6, 6.07) is 5.23. The molecular formula is C13H16O4. The average molecular weight is 236 g/mol. The highest BCUT2D eigenvalue weighted by atomic mass is 16.6. The van der Waals surface area contributed by atoms with Gasteiger partial charge >= 0.3 is 5.97 Å². The predicted molar refractivity (Wildman–Crippen MR) is 63.3 cm³/mol. The first-order chi connectivity index (χ1) is 8.10. The number of aryl methyl sites for hydroxylation is 1. The fourth-order valence-corrected chi connectivity index (χ4v) is 1.41. The number of carbonyl (C=O) groups excluding carboxylic acids is 2. The van der Waals surface area contributed by atoms with Crippen LogP contribution in [0.15, 0.2) is 18.2 Å². The molecular weight excluding hydrogens is 220 g/mol. The first-order valence-corrected chi connectivity index (χ1v) is 5.48. The summed E-state index contributed by atoms with van der Waals surface area (Å²) in [4.78, 5) is 22.3. The van der Waals surface area contributed by atoms with Crippen LogP contribution in [0, 0.1) is 6.92 Å². The molecule has 0 bridgehead atoms. The Morgan fingerprint density at radius 1 is 1.47 bits per heavy atom. The highest BCUT2D eigenvalue weighted by Crippen LogP contribution is 2.23. The van der Waals surface area contributed by atoms with Crippen molar-refractivity contribution in [3.63, 3.8) is 0 Å². The normalized spacial score (nSPS) is 11.7. The van der Waals surface area contributed by atoms with Gasteiger partial charge in [-0.2, -0.15) is 0 Å². The predicted octanol–water partition coefficient (Wildman–Crippen LogP) is 2.14. The second-order valence-corrected chi connectivity index (χ2v) is 3.62. The number of para-hydroxylation sites is 1. The zero-order valence-electron chi connectivity index (χ0n) is 10.2. The molecule has 0 spiro atoms. The van der Waals surface area contributed by atoms with Crippen LogP contribution in [0.1, 0.15) is 29.8 Å². The molecule has 1 aromatic rings. The van der Waals surface area contributed by atoms with E-state index in [1.54, 1.807) is 26.0 Å². The van der Waals surface area contributed by atoms with E-state index in [2.05, 4.69) is 0 Å². The number of esters is 1. The number of aldehydes is 1. The van der Waals surface area contributed by atoms with Gasteiger partial charge in [0.1, 0.15) is 5.75 Å². The number of benzene rings is 1. The molecule has 92 valence electrons. The minimum absolute atomic E-state index is 0.306. The molecule has 1 unspecified atom stereocenters. The SMILES string of the molecule is CCOC(=O)C(C)Oc1c(C)cccc1C=O. The van der Waals surface area contributed by atoms with E-state index < -0.39 is 12.1 Å². The van der Waals surface area contributed by atoms with E-state index >= 15 is 0 Å². The van der Waals surface area contributed by atoms with E-state index in [0.717, 1.165) is 5.56 Å². The van der Waals surface area contributed by atoms with E-state index in [1.165, 1.54) is 0 Å². The third-order valence-corrected chi connectivity index (χ3v) is 2.28. The van der Waals surface area contributed by atoms with Crippen molar-refractivity contribution in [1.29, 1.82) is 0 Å². The summed E-state index contributed by atoms with van der Waals surface area (Å²) in [7, 11) is 0. The Morgan fingerprint density at radius 2 is 2.18 bits per heavy atom. The Labute approximate surface area is 101 Å². The molecule has 4 nitrogen and oxygen atoms in total. The molecule has 17 heavy (non-hydrogen) atoms. The second kappa shape index (κ2) is 6.03. The van der Waals surface area contributed by atoms with Crippen LogP contribution in [-0.2, 0) is 9.53 Å². The molecule has 1 aromatic carbocycles. The van der Waals surface area contributed by atoms with Crippen molar-refractivity contribution in [3.05, 3.63) is 29.3 Å². The number of ether oxygens (including phenoxy) is 2. The summed E-state index contributed by atoms with van der Waals surface area (Å²) in [6.45, 7) is 5.45. The van der Waals surface area contributed by atoms with Crippen LogP contribution in [0.2, 0.25) is 0 Å². The van der Waals surface area contributed by atoms with Gasteiger partial charge in [0.05, 0.1) is 12.2 Å². The van der Waals surface area contributed by atoms with E-state index in [0.29, 0.717) is 24.2 Å². The van der Waals surface area contributed by atoms with E-state index in [4.69, 9.17) is 9.47 Å². The molecule has 0 saturated carbocycles. The molecule has 1 rings (SSSR count). The lowest BCUT2D eigenvalue weighted by molar-refractivity contribution is -0.150. The van der Waals surface area contributed by atoms with Gasteiger partial charge in [0, 0.05) is 0 Å². The molecule has 0 fully saturated rings. The van der Waals surface area contributed by atoms with Crippen molar-refractivity contribution in [2.75, 3.05) is 6.61 Å². The van der Waals surface area contributed by atoms with Gasteiger partial charge in [-0.15, -0.1) is 0 Å². The summed E-state index contributed by atoms with van der Waals surface area (Å²) >= 11 is 0. The van der Waals surface area contributed by atoms with Crippen LogP contribution < -0.4 is 4.74 Å². The quantitative estimate of drug-likeness (QED) is 0.580. The Balaban J connectivity index is 2.87. The zero-order chi connectivity index (χ0) is 12.8. The van der Waals surface area contributed by atoms with Gasteiger partial charge in [-0.1, -0.05) is 12.1 Å². The molecule has 0 saturated heterocycles. The molecule has 0 radical (unpaired) electrons. The lowest BCUT2D eigenvalue weighted by Crippen LogP contribution is -2.26. The third kappa shape index (κ3) is 3.31. The van der Waals surface area contributed by atoms with Gasteiger partial charge < -0.3 is 9.47 Å². The number of carbonyl (C=O) groups is 2. The highest BCUT2D eigenvalue weighted by molar-refractivity contribution is 5.81. The van der Waals surface area contributed by atoms with Crippen LogP contribution in [0.5, 0.6) is 5.75 Å². The van der Waals surface area contributed by atoms with Gasteiger partial charge in [0.15, 0.2) is 12.4 Å². The summed E-state index contributed by atoms with van der Waals surface area (Å²) < 4.78 is 10.3. The van der Waals surface area contributed by atoms with Crippen molar-refractivity contribution in [3.8, 4) is 5.75 Å². The summed E-state index contributed by atoms with van der Waals surface area (Å²) in [5.41, 5.74) is 1.24. The molecule has 4 heteroatoms. The molecule has 0 aliphatic heterocycles. The minimum atomic E-state index is -0.727. The number of hydrogen-bond acceptors (Lipinski definition) is 4. The minimum Gasteiger partial charge on any atom is -0.478 e. The fourth-order valence-electron chi connectivity index (χ4n) is 1.41. The second-order valence-electron chi connectivity index (χ2n) is 3.62. The Bertz CT molecular complexity index is 412. The standard InChI is InChI=1S/C13H16O4/c1-4-16-13(15)10(3)17-12-9(2)6-5-7-11(12)8-14/h5-8,10H,4H2,1-3H3. The van der Waals surface area contributed by atoms with Crippen molar-refractivity contribution >= 4 is 12.3 Å². The smallest absolute Gasteiger partial charge is 0.347 e. The number of rotatable bonds is 5. The maximum Gasteiger partial charge on any atom is 0.347 e. The fraction of sp³-hybridized carbons (Fsp3) is 0.385. The molecule has 0 aromatic heterocycles. The Hall–Kier alpha value is -1.84. The van der Waals surface area contributed by atoms with Crippen molar-refractivity contribution in [1.82, 2.24) is 0 Å². The topological polar surface area (TPSA) is 52.6 Å². The lowest BCUT2D eigenvalue weighted by Gasteiger charge is -2.16. The summed E-state index contributed by atoms with van der Waals surface area (Å²) in [6.07, 6.45) is -0.0185. The molecule has 1 atom stereocenters. The molecule has 0 heterocycles. The molecule has 0 aliphatic rings. The maximum atomic E-state index is 11.4. The van der Waals surface area contributed by atoms with Crippen LogP contribution in [-0.4, -0.2) is 25.0 Å². The van der Waals surface area contributed by atoms with Crippen LogP contribution >= 0.6 is 0 Å². The third-order valence-electron chi connectivity index (χ3n) is 2.28. The molecule has 0 N–H and O–H groups in total. The first-order valence-electron chi connectivity index (χ1n) is 5.48. The molecule has 0 aliphatic carbocycles. The van der Waals surface area contributed by atoms with E-state index in [9.17, 15) is 9.59 Å². The Morgan fingerprint density at radius 3 is 2.76 bits per heavy atom. The van der Waals surface area contributed by atoms with Crippen molar-refractivity contribution in [2.45, 2.75) is 26.9 Å². The lowest BCUT2D eigenvalue weighted by atomic mass is 10.1.